The Bertz CT molecular complexity index is 1520. The van der Waals surface area contributed by atoms with Crippen molar-refractivity contribution in [1.29, 1.82) is 0 Å². The molecule has 10 nitrogen and oxygen atoms in total. The summed E-state index contributed by atoms with van der Waals surface area (Å²) in [7, 11) is 1.50. The van der Waals surface area contributed by atoms with Crippen LogP contribution in [0.1, 0.15) is 29.8 Å². The number of ether oxygens (including phenoxy) is 1. The summed E-state index contributed by atoms with van der Waals surface area (Å²) >= 11 is 0. The van der Waals surface area contributed by atoms with E-state index in [4.69, 9.17) is 4.74 Å². The number of aliphatic hydroxyl groups is 1. The number of benzene rings is 3. The molecule has 14 heteroatoms. The average molecular weight is 632 g/mol. The highest BCUT2D eigenvalue weighted by atomic mass is 19.4. The van der Waals surface area contributed by atoms with Crippen molar-refractivity contribution in [2.75, 3.05) is 42.7 Å². The third kappa shape index (κ3) is 8.41. The Hall–Kier alpha value is -4.85. The standard InChI is InChI=1S/C31H33F4N5O5/c1-18-15-40(19(2)17-41)28(42)25-14-24(37-29(43)36-22-10-6-21(32)7-11-22)12-13-26(25)45-27(18)16-39(3)30(44)38-23-8-4-20(5-9-23)31(33,34)35/h4-14,18-19,27,41H,15-17H2,1-3H3,(H,38,44)(H2,36,37,43)/t18-,19+,27-/m0/s1. The molecule has 0 spiro atoms. The molecule has 4 N–H and O–H groups in total. The molecule has 0 saturated carbocycles. The van der Waals surface area contributed by atoms with E-state index >= 15 is 0 Å². The molecule has 0 aliphatic carbocycles. The normalized spacial score (nSPS) is 17.2. The van der Waals surface area contributed by atoms with E-state index in [-0.39, 0.29) is 48.3 Å². The predicted octanol–water partition coefficient (Wildman–Crippen LogP) is 5.87. The average Bonchev–Trinajstić information content (AvgIpc) is 2.99. The fourth-order valence-corrected chi connectivity index (χ4v) is 4.66. The van der Waals surface area contributed by atoms with Crippen LogP contribution in [-0.2, 0) is 6.18 Å². The maximum absolute atomic E-state index is 13.6. The van der Waals surface area contributed by atoms with Crippen molar-refractivity contribution in [3.8, 4) is 5.75 Å². The number of hydrogen-bond acceptors (Lipinski definition) is 5. The molecule has 0 bridgehead atoms. The summed E-state index contributed by atoms with van der Waals surface area (Å²) in [5.74, 6) is -1.03. The second-order valence-corrected chi connectivity index (χ2v) is 10.8. The van der Waals surface area contributed by atoms with E-state index in [1.807, 2.05) is 6.92 Å². The lowest BCUT2D eigenvalue weighted by molar-refractivity contribution is -0.137. The molecule has 1 heterocycles. The lowest BCUT2D eigenvalue weighted by Crippen LogP contribution is -2.50. The third-order valence-electron chi connectivity index (χ3n) is 7.29. The van der Waals surface area contributed by atoms with Crippen molar-refractivity contribution in [1.82, 2.24) is 9.80 Å². The van der Waals surface area contributed by atoms with E-state index in [1.54, 1.807) is 6.92 Å². The van der Waals surface area contributed by atoms with Gasteiger partial charge >= 0.3 is 18.2 Å². The number of nitrogens with one attached hydrogen (secondary N) is 3. The number of rotatable bonds is 7. The molecular weight excluding hydrogens is 598 g/mol. The molecule has 3 aromatic rings. The fraction of sp³-hybridized carbons (Fsp3) is 0.323. The smallest absolute Gasteiger partial charge is 0.416 e. The van der Waals surface area contributed by atoms with Gasteiger partial charge in [0.15, 0.2) is 0 Å². The van der Waals surface area contributed by atoms with Crippen LogP contribution in [-0.4, -0.2) is 71.8 Å². The monoisotopic (exact) mass is 631 g/mol. The number of aliphatic hydroxyl groups excluding tert-OH is 1. The molecular formula is C31H33F4N5O5. The summed E-state index contributed by atoms with van der Waals surface area (Å²) in [6.45, 7) is 3.41. The van der Waals surface area contributed by atoms with Crippen molar-refractivity contribution < 1.29 is 41.8 Å². The van der Waals surface area contributed by atoms with E-state index in [9.17, 15) is 37.1 Å². The molecule has 240 valence electrons. The Morgan fingerprint density at radius 3 is 2.20 bits per heavy atom. The number of halogens is 4. The van der Waals surface area contributed by atoms with Gasteiger partial charge in [-0.25, -0.2) is 14.0 Å². The molecule has 1 aliphatic rings. The Labute approximate surface area is 257 Å². The van der Waals surface area contributed by atoms with Crippen LogP contribution < -0.4 is 20.7 Å². The minimum atomic E-state index is -4.50. The number of likely N-dealkylation sites (N-methyl/N-ethyl adjacent to an activating group) is 1. The lowest BCUT2D eigenvalue weighted by atomic mass is 9.99. The number of nitrogens with zero attached hydrogens (tertiary/aromatic N) is 2. The van der Waals surface area contributed by atoms with Gasteiger partial charge in [-0.05, 0) is 73.7 Å². The van der Waals surface area contributed by atoms with Gasteiger partial charge in [-0.15, -0.1) is 0 Å². The molecule has 4 rings (SSSR count). The van der Waals surface area contributed by atoms with Crippen LogP contribution in [0.25, 0.3) is 0 Å². The van der Waals surface area contributed by atoms with E-state index in [0.717, 1.165) is 24.3 Å². The Kier molecular flexibility index (Phi) is 10.2. The summed E-state index contributed by atoms with van der Waals surface area (Å²) < 4.78 is 58.1. The van der Waals surface area contributed by atoms with Crippen molar-refractivity contribution in [3.63, 3.8) is 0 Å². The minimum Gasteiger partial charge on any atom is -0.487 e. The van der Waals surface area contributed by atoms with Gasteiger partial charge in [-0.2, -0.15) is 13.2 Å². The van der Waals surface area contributed by atoms with E-state index < -0.39 is 47.7 Å². The molecule has 5 amide bonds. The van der Waals surface area contributed by atoms with Gasteiger partial charge in [0.1, 0.15) is 17.7 Å². The highest BCUT2D eigenvalue weighted by molar-refractivity contribution is 6.02. The number of alkyl halides is 3. The summed E-state index contributed by atoms with van der Waals surface area (Å²) in [4.78, 5) is 41.9. The highest BCUT2D eigenvalue weighted by Gasteiger charge is 2.34. The van der Waals surface area contributed by atoms with Crippen LogP contribution in [0.5, 0.6) is 5.75 Å². The van der Waals surface area contributed by atoms with Crippen LogP contribution in [0.4, 0.5) is 44.2 Å². The number of urea groups is 2. The van der Waals surface area contributed by atoms with Gasteiger partial charge in [0.25, 0.3) is 5.91 Å². The molecule has 0 fully saturated rings. The predicted molar refractivity (Wildman–Crippen MR) is 160 cm³/mol. The Morgan fingerprint density at radius 1 is 1.00 bits per heavy atom. The van der Waals surface area contributed by atoms with Gasteiger partial charge in [0.2, 0.25) is 0 Å². The first-order chi connectivity index (χ1) is 21.2. The SMILES string of the molecule is C[C@H](CO)N1C[C@H](C)[C@H](CN(C)C(=O)Nc2ccc(C(F)(F)F)cc2)Oc2ccc(NC(=O)Nc3ccc(F)cc3)cc2C1=O. The van der Waals surface area contributed by atoms with Crippen LogP contribution in [0.2, 0.25) is 0 Å². The van der Waals surface area contributed by atoms with E-state index in [2.05, 4.69) is 16.0 Å². The number of anilines is 3. The second kappa shape index (κ2) is 13.8. The summed E-state index contributed by atoms with van der Waals surface area (Å²) in [6, 6.07) is 11.9. The zero-order chi connectivity index (χ0) is 32.9. The molecule has 3 aromatic carbocycles. The molecule has 0 aromatic heterocycles. The maximum Gasteiger partial charge on any atom is 0.416 e. The molecule has 0 saturated heterocycles. The largest absolute Gasteiger partial charge is 0.487 e. The summed E-state index contributed by atoms with van der Waals surface area (Å²) in [5, 5.41) is 17.6. The van der Waals surface area contributed by atoms with Crippen molar-refractivity contribution in [2.24, 2.45) is 5.92 Å². The summed E-state index contributed by atoms with van der Waals surface area (Å²) in [6.07, 6.45) is -5.15. The molecule has 0 radical (unpaired) electrons. The summed E-state index contributed by atoms with van der Waals surface area (Å²) in [5.41, 5.74) is 0.0655. The van der Waals surface area contributed by atoms with Crippen molar-refractivity contribution >= 4 is 35.0 Å². The molecule has 45 heavy (non-hydrogen) atoms. The molecule has 1 aliphatic heterocycles. The van der Waals surface area contributed by atoms with Crippen LogP contribution >= 0.6 is 0 Å². The first-order valence-electron chi connectivity index (χ1n) is 14.0. The van der Waals surface area contributed by atoms with E-state index in [1.165, 1.54) is 59.3 Å². The number of hydrogen-bond donors (Lipinski definition) is 4. The molecule has 3 atom stereocenters. The fourth-order valence-electron chi connectivity index (χ4n) is 4.66. The number of carbonyl (C=O) groups is 3. The van der Waals surface area contributed by atoms with Crippen LogP contribution in [0.3, 0.4) is 0 Å². The maximum atomic E-state index is 13.6. The van der Waals surface area contributed by atoms with Gasteiger partial charge in [-0.3, -0.25) is 4.79 Å². The van der Waals surface area contributed by atoms with Gasteiger partial charge in [-0.1, -0.05) is 6.92 Å². The highest BCUT2D eigenvalue weighted by Crippen LogP contribution is 2.32. The van der Waals surface area contributed by atoms with Gasteiger partial charge in [0.05, 0.1) is 30.3 Å². The first-order valence-corrected chi connectivity index (χ1v) is 14.0. The lowest BCUT2D eigenvalue weighted by Gasteiger charge is -2.38. The van der Waals surface area contributed by atoms with Crippen molar-refractivity contribution in [3.05, 3.63) is 83.7 Å². The van der Waals surface area contributed by atoms with Crippen molar-refractivity contribution in [2.45, 2.75) is 32.2 Å². The second-order valence-electron chi connectivity index (χ2n) is 10.8. The quantitative estimate of drug-likeness (QED) is 0.243. The zero-order valence-electron chi connectivity index (χ0n) is 24.7. The number of fused-ring (bicyclic) bond motifs is 1. The van der Waals surface area contributed by atoms with Gasteiger partial charge < -0.3 is 35.6 Å². The minimum absolute atomic E-state index is 0.0443. The van der Waals surface area contributed by atoms with Crippen LogP contribution in [0, 0.1) is 11.7 Å². The van der Waals surface area contributed by atoms with Crippen LogP contribution in [0.15, 0.2) is 66.7 Å². The van der Waals surface area contributed by atoms with E-state index in [0.29, 0.717) is 5.69 Å². The molecule has 0 unspecified atom stereocenters. The first kappa shape index (κ1) is 33.1. The number of amides is 5. The Morgan fingerprint density at radius 2 is 1.58 bits per heavy atom. The topological polar surface area (TPSA) is 123 Å². The number of carbonyl (C=O) groups excluding carboxylic acids is 3. The van der Waals surface area contributed by atoms with Gasteiger partial charge in [0, 0.05) is 36.6 Å². The zero-order valence-corrected chi connectivity index (χ0v) is 24.7. The Balaban J connectivity index is 1.52. The third-order valence-corrected chi connectivity index (χ3v) is 7.29.